The van der Waals surface area contributed by atoms with Gasteiger partial charge < -0.3 is 4.57 Å². The first-order valence-corrected chi connectivity index (χ1v) is 6.90. The molecule has 0 aliphatic rings. The third kappa shape index (κ3) is 2.95. The summed E-state index contributed by atoms with van der Waals surface area (Å²) >= 11 is 4.79. The molecule has 0 radical (unpaired) electrons. The first-order chi connectivity index (χ1) is 6.69. The van der Waals surface area contributed by atoms with E-state index in [0.717, 1.165) is 17.6 Å². The van der Waals surface area contributed by atoms with Crippen LogP contribution in [0.5, 0.6) is 0 Å². The van der Waals surface area contributed by atoms with E-state index in [1.165, 1.54) is 24.2 Å². The zero-order valence-electron chi connectivity index (χ0n) is 8.62. The molecule has 2 nitrogen and oxygen atoms in total. The molecule has 0 spiro atoms. The van der Waals surface area contributed by atoms with E-state index in [2.05, 4.69) is 22.9 Å². The van der Waals surface area contributed by atoms with Gasteiger partial charge in [0.2, 0.25) is 0 Å². The Labute approximate surface area is 97.1 Å². The average molecular weight is 278 g/mol. The van der Waals surface area contributed by atoms with Crippen LogP contribution >= 0.6 is 27.3 Å². The molecule has 0 bridgehead atoms. The summed E-state index contributed by atoms with van der Waals surface area (Å²) in [4.78, 5) is 11.6. The quantitative estimate of drug-likeness (QED) is 0.759. The molecule has 0 aliphatic heterocycles. The van der Waals surface area contributed by atoms with Crippen molar-refractivity contribution in [3.8, 4) is 0 Å². The molecular formula is C10H16BrNOS. The smallest absolute Gasteiger partial charge is 0.303 e. The molecule has 0 saturated carbocycles. The van der Waals surface area contributed by atoms with Crippen molar-refractivity contribution in [2.24, 2.45) is 5.92 Å². The van der Waals surface area contributed by atoms with E-state index in [0.29, 0.717) is 5.92 Å². The molecule has 1 rings (SSSR count). The maximum absolute atomic E-state index is 11.5. The van der Waals surface area contributed by atoms with Gasteiger partial charge in [-0.25, -0.2) is 0 Å². The Kier molecular flexibility index (Phi) is 4.89. The second kappa shape index (κ2) is 5.71. The minimum Gasteiger partial charge on any atom is -0.303 e. The minimum atomic E-state index is 0.171. The maximum Gasteiger partial charge on any atom is 0.307 e. The summed E-state index contributed by atoms with van der Waals surface area (Å²) in [7, 11) is 0. The van der Waals surface area contributed by atoms with Crippen LogP contribution in [0.4, 0.5) is 0 Å². The Morgan fingerprint density at radius 1 is 1.64 bits per heavy atom. The third-order valence-corrected chi connectivity index (χ3v) is 4.13. The zero-order valence-corrected chi connectivity index (χ0v) is 11.0. The lowest BCUT2D eigenvalue weighted by molar-refractivity contribution is 0.447. The molecule has 1 unspecified atom stereocenters. The van der Waals surface area contributed by atoms with Crippen LogP contribution < -0.4 is 4.87 Å². The molecule has 14 heavy (non-hydrogen) atoms. The highest BCUT2D eigenvalue weighted by molar-refractivity contribution is 9.09. The van der Waals surface area contributed by atoms with Crippen molar-refractivity contribution in [1.29, 1.82) is 0 Å². The van der Waals surface area contributed by atoms with E-state index >= 15 is 0 Å². The van der Waals surface area contributed by atoms with Gasteiger partial charge in [-0.3, -0.25) is 4.79 Å². The van der Waals surface area contributed by atoms with E-state index in [1.54, 1.807) is 0 Å². The van der Waals surface area contributed by atoms with Crippen LogP contribution in [0, 0.1) is 12.8 Å². The largest absolute Gasteiger partial charge is 0.307 e. The number of aryl methyl sites for hydroxylation is 1. The van der Waals surface area contributed by atoms with Crippen molar-refractivity contribution in [2.75, 3.05) is 5.33 Å². The Balaban J connectivity index is 2.71. The zero-order chi connectivity index (χ0) is 10.6. The highest BCUT2D eigenvalue weighted by Crippen LogP contribution is 2.13. The fourth-order valence-corrected chi connectivity index (χ4v) is 2.78. The fourth-order valence-electron chi connectivity index (χ4n) is 1.51. The Morgan fingerprint density at radius 2 is 2.36 bits per heavy atom. The number of aromatic nitrogens is 1. The molecule has 1 heterocycles. The second-order valence-electron chi connectivity index (χ2n) is 3.56. The van der Waals surface area contributed by atoms with E-state index in [9.17, 15) is 4.79 Å². The monoisotopic (exact) mass is 277 g/mol. The highest BCUT2D eigenvalue weighted by atomic mass is 79.9. The average Bonchev–Trinajstić information content (AvgIpc) is 2.48. The van der Waals surface area contributed by atoms with Crippen LogP contribution in [0.15, 0.2) is 10.2 Å². The molecular weight excluding hydrogens is 262 g/mol. The van der Waals surface area contributed by atoms with Gasteiger partial charge >= 0.3 is 4.87 Å². The summed E-state index contributed by atoms with van der Waals surface area (Å²) in [5.41, 5.74) is 1.09. The molecule has 0 amide bonds. The first kappa shape index (κ1) is 12.0. The number of nitrogens with zero attached hydrogens (tertiary/aromatic N) is 1. The number of thiazole rings is 1. The van der Waals surface area contributed by atoms with Gasteiger partial charge in [-0.15, -0.1) is 0 Å². The molecule has 0 fully saturated rings. The Hall–Kier alpha value is -0.0900. The third-order valence-electron chi connectivity index (χ3n) is 2.33. The molecule has 0 saturated heterocycles. The predicted molar refractivity (Wildman–Crippen MR) is 65.5 cm³/mol. The lowest BCUT2D eigenvalue weighted by Gasteiger charge is -2.14. The van der Waals surface area contributed by atoms with Crippen molar-refractivity contribution in [2.45, 2.75) is 33.2 Å². The summed E-state index contributed by atoms with van der Waals surface area (Å²) in [5.74, 6) is 0.575. The van der Waals surface area contributed by atoms with Gasteiger partial charge in [0.15, 0.2) is 0 Å². The van der Waals surface area contributed by atoms with Crippen LogP contribution in [0.2, 0.25) is 0 Å². The van der Waals surface area contributed by atoms with Crippen molar-refractivity contribution in [3.63, 3.8) is 0 Å². The lowest BCUT2D eigenvalue weighted by Crippen LogP contribution is -2.21. The number of alkyl halides is 1. The SMILES string of the molecule is CCCC(CBr)Cn1c(C)csc1=O. The van der Waals surface area contributed by atoms with Crippen molar-refractivity contribution in [1.82, 2.24) is 4.57 Å². The van der Waals surface area contributed by atoms with Crippen LogP contribution in [0.25, 0.3) is 0 Å². The van der Waals surface area contributed by atoms with E-state index in [1.807, 2.05) is 16.9 Å². The topological polar surface area (TPSA) is 22.0 Å². The van der Waals surface area contributed by atoms with E-state index < -0.39 is 0 Å². The van der Waals surface area contributed by atoms with Crippen LogP contribution in [0.3, 0.4) is 0 Å². The fraction of sp³-hybridized carbons (Fsp3) is 0.700. The molecule has 80 valence electrons. The summed E-state index contributed by atoms with van der Waals surface area (Å²) in [6.07, 6.45) is 2.35. The van der Waals surface area contributed by atoms with Gasteiger partial charge in [0.25, 0.3) is 0 Å². The standard InChI is InChI=1S/C10H16BrNOS/c1-3-4-9(5-11)6-12-8(2)7-14-10(12)13/h7,9H,3-6H2,1-2H3. The lowest BCUT2D eigenvalue weighted by atomic mass is 10.1. The van der Waals surface area contributed by atoms with Gasteiger partial charge in [-0.2, -0.15) is 0 Å². The molecule has 1 aromatic heterocycles. The van der Waals surface area contributed by atoms with Gasteiger partial charge in [-0.05, 0) is 19.3 Å². The van der Waals surface area contributed by atoms with Gasteiger partial charge in [0, 0.05) is 22.9 Å². The number of hydrogen-bond donors (Lipinski definition) is 0. The summed E-state index contributed by atoms with van der Waals surface area (Å²) in [6, 6.07) is 0. The van der Waals surface area contributed by atoms with E-state index in [-0.39, 0.29) is 4.87 Å². The molecule has 0 aliphatic carbocycles. The van der Waals surface area contributed by atoms with Gasteiger partial charge in [-0.1, -0.05) is 40.6 Å². The predicted octanol–water partition coefficient (Wildman–Crippen LogP) is 3.03. The summed E-state index contributed by atoms with van der Waals surface area (Å²) in [6.45, 7) is 5.03. The van der Waals surface area contributed by atoms with Crippen molar-refractivity contribution >= 4 is 27.3 Å². The van der Waals surface area contributed by atoms with Crippen LogP contribution in [-0.2, 0) is 6.54 Å². The Morgan fingerprint density at radius 3 is 2.79 bits per heavy atom. The normalized spacial score (nSPS) is 13.1. The van der Waals surface area contributed by atoms with Gasteiger partial charge in [0.1, 0.15) is 0 Å². The van der Waals surface area contributed by atoms with Crippen LogP contribution in [0.1, 0.15) is 25.5 Å². The summed E-state index contributed by atoms with van der Waals surface area (Å²) < 4.78 is 1.88. The Bertz CT molecular complexity index is 331. The summed E-state index contributed by atoms with van der Waals surface area (Å²) in [5, 5.41) is 2.90. The maximum atomic E-state index is 11.5. The molecule has 4 heteroatoms. The molecule has 1 aromatic rings. The number of rotatable bonds is 5. The van der Waals surface area contributed by atoms with Crippen LogP contribution in [-0.4, -0.2) is 9.90 Å². The minimum absolute atomic E-state index is 0.171. The number of hydrogen-bond acceptors (Lipinski definition) is 2. The highest BCUT2D eigenvalue weighted by Gasteiger charge is 2.10. The molecule has 0 aromatic carbocycles. The molecule has 0 N–H and O–H groups in total. The second-order valence-corrected chi connectivity index (χ2v) is 5.03. The first-order valence-electron chi connectivity index (χ1n) is 4.90. The van der Waals surface area contributed by atoms with E-state index in [4.69, 9.17) is 0 Å². The number of halogens is 1. The van der Waals surface area contributed by atoms with Crippen molar-refractivity contribution < 1.29 is 0 Å². The van der Waals surface area contributed by atoms with Gasteiger partial charge in [0.05, 0.1) is 0 Å². The van der Waals surface area contributed by atoms with Crippen molar-refractivity contribution in [3.05, 3.63) is 20.7 Å². The molecule has 1 atom stereocenters.